The normalized spacial score (nSPS) is 17.0. The van der Waals surface area contributed by atoms with Crippen LogP contribution in [0.4, 0.5) is 0 Å². The molecule has 0 fully saturated rings. The average molecular weight is 294 g/mol. The average Bonchev–Trinajstić information content (AvgIpc) is 3.12. The molecule has 0 unspecified atom stereocenters. The van der Waals surface area contributed by atoms with Crippen LogP contribution in [-0.4, -0.2) is 19.7 Å². The predicted octanol–water partition coefficient (Wildman–Crippen LogP) is 3.25. The van der Waals surface area contributed by atoms with E-state index < -0.39 is 0 Å². The summed E-state index contributed by atoms with van der Waals surface area (Å²) in [6.07, 6.45) is 2.55. The van der Waals surface area contributed by atoms with Crippen LogP contribution in [0.15, 0.2) is 42.0 Å². The second-order valence-electron chi connectivity index (χ2n) is 5.29. The number of allylic oxidation sites excluding steroid dienone is 1. The van der Waals surface area contributed by atoms with E-state index in [2.05, 4.69) is 0 Å². The van der Waals surface area contributed by atoms with E-state index >= 15 is 0 Å². The van der Waals surface area contributed by atoms with Crippen LogP contribution in [-0.2, 0) is 6.42 Å². The van der Waals surface area contributed by atoms with Gasteiger partial charge < -0.3 is 14.2 Å². The van der Waals surface area contributed by atoms with Crippen molar-refractivity contribution < 1.29 is 19.0 Å². The zero-order valence-corrected chi connectivity index (χ0v) is 12.1. The van der Waals surface area contributed by atoms with Crippen LogP contribution in [0.1, 0.15) is 21.5 Å². The number of Topliss-reactive ketones (excluding diaryl/α,β-unsaturated/α-hetero) is 1. The summed E-state index contributed by atoms with van der Waals surface area (Å²) in [5.41, 5.74) is 3.52. The lowest BCUT2D eigenvalue weighted by atomic mass is 10.1. The molecule has 2 aromatic rings. The van der Waals surface area contributed by atoms with Crippen LogP contribution in [0.3, 0.4) is 0 Å². The molecule has 0 saturated heterocycles. The Morgan fingerprint density at radius 2 is 2.05 bits per heavy atom. The molecule has 1 aliphatic heterocycles. The van der Waals surface area contributed by atoms with Gasteiger partial charge >= 0.3 is 0 Å². The maximum atomic E-state index is 12.4. The summed E-state index contributed by atoms with van der Waals surface area (Å²) in [7, 11) is 1.59. The minimum atomic E-state index is 0.0900. The molecule has 0 aromatic heterocycles. The van der Waals surface area contributed by atoms with Crippen molar-refractivity contribution in [1.29, 1.82) is 0 Å². The van der Waals surface area contributed by atoms with Crippen molar-refractivity contribution in [2.45, 2.75) is 6.42 Å². The lowest BCUT2D eigenvalue weighted by molar-refractivity contribution is 0.104. The minimum Gasteiger partial charge on any atom is -0.493 e. The molecule has 4 rings (SSSR count). The maximum Gasteiger partial charge on any atom is 0.231 e. The molecule has 0 amide bonds. The number of carbonyl (C=O) groups is 1. The highest BCUT2D eigenvalue weighted by Gasteiger charge is 2.25. The lowest BCUT2D eigenvalue weighted by Crippen LogP contribution is -1.95. The number of ketones is 1. The van der Waals surface area contributed by atoms with E-state index in [1.807, 2.05) is 42.5 Å². The summed E-state index contributed by atoms with van der Waals surface area (Å²) < 4.78 is 16.1. The quantitative estimate of drug-likeness (QED) is 0.798. The molecule has 110 valence electrons. The fraction of sp³-hybridized carbons (Fsp3) is 0.167. The summed E-state index contributed by atoms with van der Waals surface area (Å²) >= 11 is 0. The molecule has 2 aliphatic rings. The van der Waals surface area contributed by atoms with Crippen molar-refractivity contribution in [3.8, 4) is 17.2 Å². The second-order valence-corrected chi connectivity index (χ2v) is 5.29. The monoisotopic (exact) mass is 294 g/mol. The zero-order chi connectivity index (χ0) is 15.1. The van der Waals surface area contributed by atoms with Crippen LogP contribution >= 0.6 is 0 Å². The van der Waals surface area contributed by atoms with E-state index in [9.17, 15) is 4.79 Å². The number of methoxy groups -OCH3 is 1. The van der Waals surface area contributed by atoms with Crippen LogP contribution in [0, 0.1) is 0 Å². The van der Waals surface area contributed by atoms with Gasteiger partial charge in [0, 0.05) is 17.6 Å². The van der Waals surface area contributed by atoms with Gasteiger partial charge in [-0.2, -0.15) is 0 Å². The fourth-order valence-electron chi connectivity index (χ4n) is 2.91. The van der Waals surface area contributed by atoms with Crippen LogP contribution in [0.5, 0.6) is 17.2 Å². The maximum absolute atomic E-state index is 12.4. The number of fused-ring (bicyclic) bond motifs is 2. The Hall–Kier alpha value is -2.75. The Kier molecular flexibility index (Phi) is 2.89. The summed E-state index contributed by atoms with van der Waals surface area (Å²) in [5.74, 6) is 1.97. The van der Waals surface area contributed by atoms with Crippen LogP contribution in [0.25, 0.3) is 6.08 Å². The molecule has 4 nitrogen and oxygen atoms in total. The van der Waals surface area contributed by atoms with Gasteiger partial charge in [-0.25, -0.2) is 0 Å². The van der Waals surface area contributed by atoms with Gasteiger partial charge in [-0.15, -0.1) is 0 Å². The topological polar surface area (TPSA) is 44.8 Å². The number of hydrogen-bond donors (Lipinski definition) is 0. The summed E-state index contributed by atoms with van der Waals surface area (Å²) in [6.45, 7) is 0.191. The smallest absolute Gasteiger partial charge is 0.231 e. The van der Waals surface area contributed by atoms with E-state index in [1.54, 1.807) is 7.11 Å². The first-order valence-corrected chi connectivity index (χ1v) is 7.07. The molecule has 1 aliphatic carbocycles. The first-order valence-electron chi connectivity index (χ1n) is 7.07. The van der Waals surface area contributed by atoms with Crippen molar-refractivity contribution in [3.63, 3.8) is 0 Å². The molecule has 0 N–H and O–H groups in total. The molecule has 4 heteroatoms. The van der Waals surface area contributed by atoms with Crippen molar-refractivity contribution in [1.82, 2.24) is 0 Å². The SMILES string of the molecule is COc1cc(/C=C2\Cc3ccccc3C2=O)cc2c1OCO2. The molecule has 2 aromatic carbocycles. The van der Waals surface area contributed by atoms with Crippen molar-refractivity contribution in [3.05, 3.63) is 58.7 Å². The Labute approximate surface area is 127 Å². The highest BCUT2D eigenvalue weighted by Crippen LogP contribution is 2.42. The van der Waals surface area contributed by atoms with E-state index in [0.717, 1.165) is 22.3 Å². The van der Waals surface area contributed by atoms with E-state index in [-0.39, 0.29) is 12.6 Å². The van der Waals surface area contributed by atoms with Gasteiger partial charge in [-0.1, -0.05) is 24.3 Å². The van der Waals surface area contributed by atoms with Gasteiger partial charge in [-0.05, 0) is 29.3 Å². The van der Waals surface area contributed by atoms with Gasteiger partial charge in [0.25, 0.3) is 0 Å². The Morgan fingerprint density at radius 1 is 1.18 bits per heavy atom. The first-order chi connectivity index (χ1) is 10.8. The van der Waals surface area contributed by atoms with Gasteiger partial charge in [0.15, 0.2) is 17.3 Å². The molecule has 0 atom stereocenters. The molecule has 0 radical (unpaired) electrons. The lowest BCUT2D eigenvalue weighted by Gasteiger charge is -2.06. The summed E-state index contributed by atoms with van der Waals surface area (Å²) in [4.78, 5) is 12.4. The summed E-state index contributed by atoms with van der Waals surface area (Å²) in [6, 6.07) is 11.4. The number of rotatable bonds is 2. The minimum absolute atomic E-state index is 0.0900. The number of ether oxygens (including phenoxy) is 3. The largest absolute Gasteiger partial charge is 0.493 e. The number of carbonyl (C=O) groups excluding carboxylic acids is 1. The van der Waals surface area contributed by atoms with Crippen molar-refractivity contribution in [2.75, 3.05) is 13.9 Å². The van der Waals surface area contributed by atoms with Crippen molar-refractivity contribution in [2.24, 2.45) is 0 Å². The Bertz CT molecular complexity index is 805. The van der Waals surface area contributed by atoms with Gasteiger partial charge in [0.2, 0.25) is 12.5 Å². The molecule has 1 heterocycles. The summed E-state index contributed by atoms with van der Waals surface area (Å²) in [5, 5.41) is 0. The molecular formula is C18H14O4. The number of benzene rings is 2. The number of hydrogen-bond acceptors (Lipinski definition) is 4. The Balaban J connectivity index is 1.74. The molecule has 0 saturated carbocycles. The van der Waals surface area contributed by atoms with Crippen LogP contribution < -0.4 is 14.2 Å². The molecule has 0 bridgehead atoms. The highest BCUT2D eigenvalue weighted by molar-refractivity contribution is 6.15. The van der Waals surface area contributed by atoms with Crippen molar-refractivity contribution >= 4 is 11.9 Å². The highest BCUT2D eigenvalue weighted by atomic mass is 16.7. The van der Waals surface area contributed by atoms with Gasteiger partial charge in [-0.3, -0.25) is 4.79 Å². The fourth-order valence-corrected chi connectivity index (χ4v) is 2.91. The van der Waals surface area contributed by atoms with Gasteiger partial charge in [0.05, 0.1) is 7.11 Å². The van der Waals surface area contributed by atoms with Gasteiger partial charge in [0.1, 0.15) is 0 Å². The predicted molar refractivity (Wildman–Crippen MR) is 81.6 cm³/mol. The third-order valence-corrected chi connectivity index (χ3v) is 3.96. The molecule has 0 spiro atoms. The van der Waals surface area contributed by atoms with E-state index in [1.165, 1.54) is 0 Å². The standard InChI is InChI=1S/C18H14O4/c1-20-15-7-11(8-16-18(15)22-10-21-16)6-13-9-12-4-2-3-5-14(12)17(13)19/h2-8H,9-10H2,1H3/b13-6+. The molecule has 22 heavy (non-hydrogen) atoms. The zero-order valence-electron chi connectivity index (χ0n) is 12.1. The third kappa shape index (κ3) is 1.96. The first kappa shape index (κ1) is 13.0. The van der Waals surface area contributed by atoms with E-state index in [4.69, 9.17) is 14.2 Å². The third-order valence-electron chi connectivity index (χ3n) is 3.96. The molecular weight excluding hydrogens is 280 g/mol. The Morgan fingerprint density at radius 3 is 2.86 bits per heavy atom. The second kappa shape index (κ2) is 4.91. The van der Waals surface area contributed by atoms with E-state index in [0.29, 0.717) is 23.7 Å². The van der Waals surface area contributed by atoms with Crippen LogP contribution in [0.2, 0.25) is 0 Å².